The fourth-order valence-corrected chi connectivity index (χ4v) is 6.28. The number of para-hydroxylation sites is 1. The van der Waals surface area contributed by atoms with Crippen LogP contribution in [0.25, 0.3) is 15.9 Å². The maximum Gasteiger partial charge on any atom is 0.267 e. The number of halogens is 2. The van der Waals surface area contributed by atoms with E-state index < -0.39 is 0 Å². The predicted molar refractivity (Wildman–Crippen MR) is 123 cm³/mol. The van der Waals surface area contributed by atoms with Crippen molar-refractivity contribution in [1.82, 2.24) is 9.55 Å². The van der Waals surface area contributed by atoms with Crippen molar-refractivity contribution in [2.75, 3.05) is 0 Å². The molecular formula is C22H16Cl2N2OS2. The standard InChI is InChI=1S/C22H16Cl2N2OS2/c23-16-10-9-13(11-17(16)24)12-28-22-25-20-19(15-7-4-8-18(15)29-20)21(27)26(22)14-5-2-1-3-6-14/h1-3,5-6,9-11H,4,7-8,12H2. The molecule has 2 aromatic heterocycles. The highest BCUT2D eigenvalue weighted by Crippen LogP contribution is 2.36. The lowest BCUT2D eigenvalue weighted by Gasteiger charge is -2.12. The van der Waals surface area contributed by atoms with Gasteiger partial charge in [-0.25, -0.2) is 4.98 Å². The van der Waals surface area contributed by atoms with Gasteiger partial charge in [-0.1, -0.05) is 59.2 Å². The molecule has 4 aromatic rings. The number of hydrogen-bond donors (Lipinski definition) is 0. The first-order valence-electron chi connectivity index (χ1n) is 9.31. The van der Waals surface area contributed by atoms with Crippen LogP contribution in [0.3, 0.4) is 0 Å². The van der Waals surface area contributed by atoms with Crippen LogP contribution in [0.2, 0.25) is 10.0 Å². The van der Waals surface area contributed by atoms with Gasteiger partial charge in [0, 0.05) is 10.6 Å². The van der Waals surface area contributed by atoms with E-state index in [0.29, 0.717) is 21.0 Å². The van der Waals surface area contributed by atoms with Gasteiger partial charge >= 0.3 is 0 Å². The van der Waals surface area contributed by atoms with Crippen molar-refractivity contribution in [3.63, 3.8) is 0 Å². The molecule has 2 aromatic carbocycles. The van der Waals surface area contributed by atoms with E-state index >= 15 is 0 Å². The number of benzene rings is 2. The lowest BCUT2D eigenvalue weighted by atomic mass is 10.2. The van der Waals surface area contributed by atoms with E-state index in [1.807, 2.05) is 42.5 Å². The molecule has 0 unspecified atom stereocenters. The van der Waals surface area contributed by atoms with E-state index in [-0.39, 0.29) is 5.56 Å². The summed E-state index contributed by atoms with van der Waals surface area (Å²) in [7, 11) is 0. The fraction of sp³-hybridized carbons (Fsp3) is 0.182. The van der Waals surface area contributed by atoms with Crippen molar-refractivity contribution in [3.05, 3.63) is 84.9 Å². The number of aromatic nitrogens is 2. The van der Waals surface area contributed by atoms with Gasteiger partial charge in [0.2, 0.25) is 0 Å². The van der Waals surface area contributed by atoms with Crippen LogP contribution in [-0.4, -0.2) is 9.55 Å². The molecule has 0 radical (unpaired) electrons. The van der Waals surface area contributed by atoms with E-state index in [1.165, 1.54) is 22.2 Å². The number of aryl methyl sites for hydroxylation is 2. The Balaban J connectivity index is 1.63. The van der Waals surface area contributed by atoms with Crippen LogP contribution in [-0.2, 0) is 18.6 Å². The third-order valence-electron chi connectivity index (χ3n) is 5.07. The molecule has 0 saturated carbocycles. The van der Waals surface area contributed by atoms with Crippen LogP contribution in [0.1, 0.15) is 22.4 Å². The van der Waals surface area contributed by atoms with Crippen molar-refractivity contribution < 1.29 is 0 Å². The fourth-order valence-electron chi connectivity index (χ4n) is 3.70. The third kappa shape index (κ3) is 3.50. The summed E-state index contributed by atoms with van der Waals surface area (Å²) in [6, 6.07) is 15.3. The first kappa shape index (κ1) is 19.2. The smallest absolute Gasteiger partial charge is 0.267 e. The van der Waals surface area contributed by atoms with Crippen molar-refractivity contribution in [3.8, 4) is 5.69 Å². The van der Waals surface area contributed by atoms with Gasteiger partial charge < -0.3 is 0 Å². The quantitative estimate of drug-likeness (QED) is 0.257. The Morgan fingerprint density at radius 1 is 1.07 bits per heavy atom. The van der Waals surface area contributed by atoms with Gasteiger partial charge in [0.05, 0.1) is 21.1 Å². The van der Waals surface area contributed by atoms with E-state index in [2.05, 4.69) is 0 Å². The Morgan fingerprint density at radius 3 is 2.69 bits per heavy atom. The van der Waals surface area contributed by atoms with Crippen LogP contribution in [0.5, 0.6) is 0 Å². The molecule has 5 rings (SSSR count). The van der Waals surface area contributed by atoms with Gasteiger partial charge in [-0.2, -0.15) is 0 Å². The minimum Gasteiger partial charge on any atom is -0.268 e. The zero-order valence-electron chi connectivity index (χ0n) is 15.3. The normalized spacial score (nSPS) is 13.2. The number of hydrogen-bond acceptors (Lipinski definition) is 4. The predicted octanol–water partition coefficient (Wildman–Crippen LogP) is 6.54. The Bertz CT molecular complexity index is 1280. The molecule has 0 atom stereocenters. The largest absolute Gasteiger partial charge is 0.268 e. The summed E-state index contributed by atoms with van der Waals surface area (Å²) in [6.45, 7) is 0. The molecule has 1 aliphatic carbocycles. The molecular weight excluding hydrogens is 443 g/mol. The van der Waals surface area contributed by atoms with Gasteiger partial charge in [-0.05, 0) is 54.7 Å². The molecule has 0 amide bonds. The molecule has 29 heavy (non-hydrogen) atoms. The average molecular weight is 459 g/mol. The highest BCUT2D eigenvalue weighted by atomic mass is 35.5. The average Bonchev–Trinajstić information content (AvgIpc) is 3.30. The SMILES string of the molecule is O=c1c2c3c(sc2nc(SCc2ccc(Cl)c(Cl)c2)n1-c1ccccc1)CCC3. The molecule has 0 saturated heterocycles. The number of thiophene rings is 1. The van der Waals surface area contributed by atoms with Gasteiger partial charge in [0.1, 0.15) is 4.83 Å². The first-order valence-corrected chi connectivity index (χ1v) is 11.9. The van der Waals surface area contributed by atoms with Crippen LogP contribution >= 0.6 is 46.3 Å². The van der Waals surface area contributed by atoms with Crippen LogP contribution in [0, 0.1) is 0 Å². The molecule has 0 bridgehead atoms. The van der Waals surface area contributed by atoms with E-state index in [1.54, 1.807) is 22.0 Å². The van der Waals surface area contributed by atoms with Gasteiger partial charge in [0.25, 0.3) is 5.56 Å². The summed E-state index contributed by atoms with van der Waals surface area (Å²) in [4.78, 5) is 20.6. The molecule has 146 valence electrons. The molecule has 1 aliphatic rings. The van der Waals surface area contributed by atoms with Crippen LogP contribution < -0.4 is 5.56 Å². The summed E-state index contributed by atoms with van der Waals surface area (Å²) in [6.07, 6.45) is 3.14. The minimum absolute atomic E-state index is 0.0252. The summed E-state index contributed by atoms with van der Waals surface area (Å²) in [5, 5.41) is 2.56. The van der Waals surface area contributed by atoms with Gasteiger partial charge in [-0.15, -0.1) is 11.3 Å². The second-order valence-electron chi connectivity index (χ2n) is 6.95. The van der Waals surface area contributed by atoms with E-state index in [0.717, 1.165) is 40.7 Å². The molecule has 0 N–H and O–H groups in total. The Hall–Kier alpha value is -1.79. The van der Waals surface area contributed by atoms with Crippen molar-refractivity contribution >= 4 is 56.5 Å². The maximum absolute atomic E-state index is 13.6. The number of nitrogens with zero attached hydrogens (tertiary/aromatic N) is 2. The zero-order valence-corrected chi connectivity index (χ0v) is 18.5. The van der Waals surface area contributed by atoms with Crippen LogP contribution in [0.15, 0.2) is 58.5 Å². The second kappa shape index (κ2) is 7.80. The van der Waals surface area contributed by atoms with Gasteiger partial charge in [0.15, 0.2) is 5.16 Å². The Kier molecular flexibility index (Phi) is 5.16. The van der Waals surface area contributed by atoms with Crippen molar-refractivity contribution in [1.29, 1.82) is 0 Å². The molecule has 0 fully saturated rings. The van der Waals surface area contributed by atoms with Crippen molar-refractivity contribution in [2.24, 2.45) is 0 Å². The lowest BCUT2D eigenvalue weighted by Crippen LogP contribution is -2.21. The number of thioether (sulfide) groups is 1. The summed E-state index contributed by atoms with van der Waals surface area (Å²) in [5.41, 5.74) is 3.10. The Labute approximate surface area is 186 Å². The van der Waals surface area contributed by atoms with Crippen molar-refractivity contribution in [2.45, 2.75) is 30.2 Å². The number of fused-ring (bicyclic) bond motifs is 3. The Morgan fingerprint density at radius 2 is 1.90 bits per heavy atom. The number of rotatable bonds is 4. The molecule has 7 heteroatoms. The minimum atomic E-state index is 0.0252. The summed E-state index contributed by atoms with van der Waals surface area (Å²) >= 11 is 15.4. The molecule has 0 aliphatic heterocycles. The monoisotopic (exact) mass is 458 g/mol. The highest BCUT2D eigenvalue weighted by molar-refractivity contribution is 7.98. The van der Waals surface area contributed by atoms with E-state index in [4.69, 9.17) is 28.2 Å². The topological polar surface area (TPSA) is 34.9 Å². The molecule has 0 spiro atoms. The van der Waals surface area contributed by atoms with Gasteiger partial charge in [-0.3, -0.25) is 9.36 Å². The first-order chi connectivity index (χ1) is 14.1. The second-order valence-corrected chi connectivity index (χ2v) is 9.79. The lowest BCUT2D eigenvalue weighted by molar-refractivity contribution is 0.820. The summed E-state index contributed by atoms with van der Waals surface area (Å²) in [5.74, 6) is 0.646. The van der Waals surface area contributed by atoms with Crippen LogP contribution in [0.4, 0.5) is 0 Å². The zero-order chi connectivity index (χ0) is 20.0. The third-order valence-corrected chi connectivity index (χ3v) is 8.01. The summed E-state index contributed by atoms with van der Waals surface area (Å²) < 4.78 is 1.75. The molecule has 2 heterocycles. The highest BCUT2D eigenvalue weighted by Gasteiger charge is 2.23. The maximum atomic E-state index is 13.6. The van der Waals surface area contributed by atoms with E-state index in [9.17, 15) is 4.79 Å². The molecule has 3 nitrogen and oxygen atoms in total.